The van der Waals surface area contributed by atoms with Gasteiger partial charge < -0.3 is 9.84 Å². The molecule has 0 bridgehead atoms. The molecule has 0 spiro atoms. The van der Waals surface area contributed by atoms with Crippen LogP contribution >= 0.6 is 0 Å². The number of aromatic carboxylic acids is 1. The van der Waals surface area contributed by atoms with Gasteiger partial charge in [-0.15, -0.1) is 0 Å². The van der Waals surface area contributed by atoms with Crippen LogP contribution in [0.3, 0.4) is 0 Å². The van der Waals surface area contributed by atoms with Crippen LogP contribution in [-0.2, 0) is 12.8 Å². The topological polar surface area (TPSA) is 72.3 Å². The number of alkyl halides is 3. The van der Waals surface area contributed by atoms with Crippen molar-refractivity contribution >= 4 is 5.97 Å². The summed E-state index contributed by atoms with van der Waals surface area (Å²) in [5.74, 6) is -1.48. The van der Waals surface area contributed by atoms with Crippen LogP contribution in [0.25, 0.3) is 0 Å². The first-order valence-corrected chi connectivity index (χ1v) is 5.70. The molecule has 0 aliphatic carbocycles. The number of carboxylic acid groups (broad SMARTS) is 1. The van der Waals surface area contributed by atoms with Crippen LogP contribution in [0, 0.1) is 0 Å². The fourth-order valence-electron chi connectivity index (χ4n) is 1.57. The van der Waals surface area contributed by atoms with E-state index in [0.717, 1.165) is 24.7 Å². The molecule has 0 saturated heterocycles. The van der Waals surface area contributed by atoms with E-state index in [1.807, 2.05) is 0 Å². The standard InChI is InChI=1S/C13H9F3N2O3/c14-13(15,16)9-3-1-2-8(4-9)6-21-11-10(12(19)20)5-17-7-18-11/h1-5,7H,6H2,(H,19,20). The maximum absolute atomic E-state index is 12.6. The average Bonchev–Trinajstić information content (AvgIpc) is 2.45. The maximum atomic E-state index is 12.6. The molecule has 0 fully saturated rings. The zero-order valence-electron chi connectivity index (χ0n) is 10.5. The molecule has 0 amide bonds. The third-order valence-electron chi connectivity index (χ3n) is 2.54. The molecule has 110 valence electrons. The highest BCUT2D eigenvalue weighted by atomic mass is 19.4. The van der Waals surface area contributed by atoms with Crippen LogP contribution in [-0.4, -0.2) is 21.0 Å². The van der Waals surface area contributed by atoms with Crippen LogP contribution < -0.4 is 4.74 Å². The number of ether oxygens (including phenoxy) is 1. The number of rotatable bonds is 4. The summed E-state index contributed by atoms with van der Waals surface area (Å²) in [5, 5.41) is 8.90. The van der Waals surface area contributed by atoms with Gasteiger partial charge in [0.05, 0.1) is 5.56 Å². The second-order valence-corrected chi connectivity index (χ2v) is 4.03. The zero-order chi connectivity index (χ0) is 15.5. The van der Waals surface area contributed by atoms with Crippen LogP contribution in [0.5, 0.6) is 5.88 Å². The Labute approximate surface area is 117 Å². The summed E-state index contributed by atoms with van der Waals surface area (Å²) in [5.41, 5.74) is -0.811. The van der Waals surface area contributed by atoms with Gasteiger partial charge in [0, 0.05) is 6.20 Å². The highest BCUT2D eigenvalue weighted by Gasteiger charge is 2.30. The first-order valence-electron chi connectivity index (χ1n) is 5.70. The van der Waals surface area contributed by atoms with E-state index in [1.165, 1.54) is 12.1 Å². The van der Waals surface area contributed by atoms with Crippen molar-refractivity contribution < 1.29 is 27.8 Å². The molecule has 2 aromatic rings. The Balaban J connectivity index is 2.16. The van der Waals surface area contributed by atoms with E-state index in [9.17, 15) is 18.0 Å². The summed E-state index contributed by atoms with van der Waals surface area (Å²) in [6.45, 7) is -0.235. The molecule has 21 heavy (non-hydrogen) atoms. The number of benzene rings is 1. The number of hydrogen-bond acceptors (Lipinski definition) is 4. The molecular weight excluding hydrogens is 289 g/mol. The second-order valence-electron chi connectivity index (χ2n) is 4.03. The highest BCUT2D eigenvalue weighted by Crippen LogP contribution is 2.29. The Morgan fingerprint density at radius 3 is 2.76 bits per heavy atom. The summed E-state index contributed by atoms with van der Waals surface area (Å²) in [6, 6.07) is 4.56. The van der Waals surface area contributed by atoms with E-state index in [1.54, 1.807) is 0 Å². The van der Waals surface area contributed by atoms with Gasteiger partial charge in [0.25, 0.3) is 0 Å². The first-order chi connectivity index (χ1) is 9.88. The molecule has 0 aliphatic rings. The van der Waals surface area contributed by atoms with E-state index in [-0.39, 0.29) is 23.6 Å². The van der Waals surface area contributed by atoms with E-state index >= 15 is 0 Å². The zero-order valence-corrected chi connectivity index (χ0v) is 10.5. The number of carboxylic acids is 1. The minimum absolute atomic E-state index is 0.199. The van der Waals surface area contributed by atoms with Gasteiger partial charge in [-0.25, -0.2) is 14.8 Å². The van der Waals surface area contributed by atoms with E-state index in [2.05, 4.69) is 9.97 Å². The molecule has 5 nitrogen and oxygen atoms in total. The number of hydrogen-bond donors (Lipinski definition) is 1. The number of carbonyl (C=O) groups is 1. The molecule has 1 aromatic carbocycles. The van der Waals surface area contributed by atoms with Crippen LogP contribution in [0.4, 0.5) is 13.2 Å². The Hall–Kier alpha value is -2.64. The van der Waals surface area contributed by atoms with Crippen molar-refractivity contribution in [3.8, 4) is 5.88 Å². The fourth-order valence-corrected chi connectivity index (χ4v) is 1.57. The summed E-state index contributed by atoms with van der Waals surface area (Å²) >= 11 is 0. The van der Waals surface area contributed by atoms with Gasteiger partial charge in [-0.1, -0.05) is 12.1 Å². The van der Waals surface area contributed by atoms with E-state index in [4.69, 9.17) is 9.84 Å². The van der Waals surface area contributed by atoms with E-state index in [0.29, 0.717) is 0 Å². The number of halogens is 3. The van der Waals surface area contributed by atoms with Crippen molar-refractivity contribution in [1.82, 2.24) is 9.97 Å². The highest BCUT2D eigenvalue weighted by molar-refractivity contribution is 5.89. The lowest BCUT2D eigenvalue weighted by molar-refractivity contribution is -0.137. The van der Waals surface area contributed by atoms with Crippen molar-refractivity contribution in [2.75, 3.05) is 0 Å². The second kappa shape index (κ2) is 5.78. The molecule has 0 aliphatic heterocycles. The van der Waals surface area contributed by atoms with Gasteiger partial charge in [-0.2, -0.15) is 13.2 Å². The Morgan fingerprint density at radius 1 is 1.33 bits per heavy atom. The summed E-state index contributed by atoms with van der Waals surface area (Å²) in [6.07, 6.45) is -2.30. The lowest BCUT2D eigenvalue weighted by Gasteiger charge is -2.10. The minimum atomic E-state index is -4.45. The van der Waals surface area contributed by atoms with Crippen molar-refractivity contribution in [2.24, 2.45) is 0 Å². The molecular formula is C13H9F3N2O3. The Kier molecular flexibility index (Phi) is 4.06. The summed E-state index contributed by atoms with van der Waals surface area (Å²) in [7, 11) is 0. The molecule has 0 atom stereocenters. The molecule has 0 radical (unpaired) electrons. The number of nitrogens with zero attached hydrogens (tertiary/aromatic N) is 2. The summed E-state index contributed by atoms with van der Waals surface area (Å²) in [4.78, 5) is 18.1. The third kappa shape index (κ3) is 3.68. The summed E-state index contributed by atoms with van der Waals surface area (Å²) < 4.78 is 42.8. The predicted molar refractivity (Wildman–Crippen MR) is 64.8 cm³/mol. The smallest absolute Gasteiger partial charge is 0.416 e. The quantitative estimate of drug-likeness (QED) is 0.939. The van der Waals surface area contributed by atoms with Gasteiger partial charge >= 0.3 is 12.1 Å². The molecule has 0 saturated carbocycles. The fraction of sp³-hybridized carbons (Fsp3) is 0.154. The number of aromatic nitrogens is 2. The lowest BCUT2D eigenvalue weighted by atomic mass is 10.1. The molecule has 8 heteroatoms. The monoisotopic (exact) mass is 298 g/mol. The molecule has 1 N–H and O–H groups in total. The van der Waals surface area contributed by atoms with Gasteiger partial charge in [0.2, 0.25) is 5.88 Å². The van der Waals surface area contributed by atoms with Gasteiger partial charge in [-0.05, 0) is 17.7 Å². The SMILES string of the molecule is O=C(O)c1cncnc1OCc1cccc(C(F)(F)F)c1. The normalized spacial score (nSPS) is 11.2. The van der Waals surface area contributed by atoms with Crippen LogP contribution in [0.15, 0.2) is 36.8 Å². The Morgan fingerprint density at radius 2 is 2.10 bits per heavy atom. The Bertz CT molecular complexity index is 659. The largest absolute Gasteiger partial charge is 0.477 e. The van der Waals surface area contributed by atoms with Crippen LogP contribution in [0.1, 0.15) is 21.5 Å². The van der Waals surface area contributed by atoms with Crippen molar-refractivity contribution in [3.05, 3.63) is 53.5 Å². The minimum Gasteiger partial charge on any atom is -0.477 e. The average molecular weight is 298 g/mol. The van der Waals surface area contributed by atoms with Crippen molar-refractivity contribution in [2.45, 2.75) is 12.8 Å². The van der Waals surface area contributed by atoms with Crippen molar-refractivity contribution in [3.63, 3.8) is 0 Å². The first kappa shape index (κ1) is 14.8. The van der Waals surface area contributed by atoms with Gasteiger partial charge in [0.1, 0.15) is 18.5 Å². The lowest BCUT2D eigenvalue weighted by Crippen LogP contribution is -2.08. The molecule has 1 aromatic heterocycles. The van der Waals surface area contributed by atoms with Crippen LogP contribution in [0.2, 0.25) is 0 Å². The third-order valence-corrected chi connectivity index (χ3v) is 2.54. The van der Waals surface area contributed by atoms with Crippen molar-refractivity contribution in [1.29, 1.82) is 0 Å². The predicted octanol–water partition coefficient (Wildman–Crippen LogP) is 2.77. The van der Waals surface area contributed by atoms with Gasteiger partial charge in [0.15, 0.2) is 0 Å². The molecule has 1 heterocycles. The van der Waals surface area contributed by atoms with E-state index < -0.39 is 17.7 Å². The maximum Gasteiger partial charge on any atom is 0.416 e. The van der Waals surface area contributed by atoms with Gasteiger partial charge in [-0.3, -0.25) is 0 Å². The molecule has 2 rings (SSSR count). The molecule has 0 unspecified atom stereocenters.